The van der Waals surface area contributed by atoms with Crippen molar-refractivity contribution in [3.05, 3.63) is 54.2 Å². The second kappa shape index (κ2) is 6.83. The lowest BCUT2D eigenvalue weighted by atomic mass is 10.1. The molecule has 1 saturated heterocycles. The zero-order valence-corrected chi connectivity index (χ0v) is 13.3. The summed E-state index contributed by atoms with van der Waals surface area (Å²) in [5, 5.41) is 0. The van der Waals surface area contributed by atoms with Crippen LogP contribution in [0.25, 0.3) is 0 Å². The SMILES string of the molecule is Fc1cccnc1O[C@H]1CC[C@H]2[C@H]1OCCN2Cc1ccccn1. The highest BCUT2D eigenvalue weighted by Crippen LogP contribution is 2.33. The minimum absolute atomic E-state index is 0.0520. The number of morpholine rings is 1. The van der Waals surface area contributed by atoms with Crippen LogP contribution in [0.5, 0.6) is 5.88 Å². The second-order valence-corrected chi connectivity index (χ2v) is 6.22. The summed E-state index contributed by atoms with van der Waals surface area (Å²) < 4.78 is 25.6. The molecule has 126 valence electrons. The Morgan fingerprint density at radius 3 is 2.92 bits per heavy atom. The maximum atomic E-state index is 13.8. The van der Waals surface area contributed by atoms with Gasteiger partial charge in [-0.05, 0) is 37.1 Å². The summed E-state index contributed by atoms with van der Waals surface area (Å²) in [7, 11) is 0. The van der Waals surface area contributed by atoms with Crippen molar-refractivity contribution in [3.8, 4) is 5.88 Å². The van der Waals surface area contributed by atoms with Crippen molar-refractivity contribution in [3.63, 3.8) is 0 Å². The van der Waals surface area contributed by atoms with Crippen LogP contribution in [0, 0.1) is 5.82 Å². The molecule has 1 aliphatic heterocycles. The fourth-order valence-corrected chi connectivity index (χ4v) is 3.62. The summed E-state index contributed by atoms with van der Waals surface area (Å²) in [5.74, 6) is -0.365. The van der Waals surface area contributed by atoms with Gasteiger partial charge in [0.15, 0.2) is 5.82 Å². The number of halogens is 1. The van der Waals surface area contributed by atoms with Crippen LogP contribution in [-0.4, -0.2) is 46.3 Å². The van der Waals surface area contributed by atoms with Crippen LogP contribution in [0.1, 0.15) is 18.5 Å². The Morgan fingerprint density at radius 2 is 2.08 bits per heavy atom. The van der Waals surface area contributed by atoms with Gasteiger partial charge in [0.25, 0.3) is 5.88 Å². The first-order valence-corrected chi connectivity index (χ1v) is 8.34. The molecule has 0 bridgehead atoms. The maximum absolute atomic E-state index is 13.8. The molecule has 6 heteroatoms. The van der Waals surface area contributed by atoms with Gasteiger partial charge in [0.05, 0.1) is 12.3 Å². The Balaban J connectivity index is 1.45. The molecule has 2 aromatic heterocycles. The molecule has 4 rings (SSSR count). The number of pyridine rings is 2. The number of fused-ring (bicyclic) bond motifs is 1. The minimum Gasteiger partial charge on any atom is -0.469 e. The second-order valence-electron chi connectivity index (χ2n) is 6.22. The molecule has 0 amide bonds. The van der Waals surface area contributed by atoms with Crippen LogP contribution in [0.2, 0.25) is 0 Å². The monoisotopic (exact) mass is 329 g/mol. The van der Waals surface area contributed by atoms with Crippen LogP contribution >= 0.6 is 0 Å². The molecular formula is C18H20FN3O2. The Labute approximate surface area is 140 Å². The highest BCUT2D eigenvalue weighted by Gasteiger charge is 2.44. The van der Waals surface area contributed by atoms with E-state index in [1.807, 2.05) is 24.4 Å². The van der Waals surface area contributed by atoms with E-state index in [1.165, 1.54) is 6.07 Å². The molecule has 24 heavy (non-hydrogen) atoms. The Bertz CT molecular complexity index is 685. The zero-order valence-electron chi connectivity index (χ0n) is 13.3. The van der Waals surface area contributed by atoms with E-state index in [2.05, 4.69) is 14.9 Å². The van der Waals surface area contributed by atoms with E-state index in [0.29, 0.717) is 6.61 Å². The average molecular weight is 329 g/mol. The first-order valence-electron chi connectivity index (χ1n) is 8.34. The number of nitrogens with zero attached hydrogens (tertiary/aromatic N) is 3. The minimum atomic E-state index is -0.429. The van der Waals surface area contributed by atoms with E-state index in [-0.39, 0.29) is 24.1 Å². The Kier molecular flexibility index (Phi) is 4.40. The standard InChI is InChI=1S/C18H20FN3O2/c19-14-5-3-9-21-18(14)24-16-7-6-15-17(16)23-11-10-22(15)12-13-4-1-2-8-20-13/h1-5,8-9,15-17H,6-7,10-12H2/t15-,16-,17+/m0/s1. The van der Waals surface area contributed by atoms with Crippen molar-refractivity contribution < 1.29 is 13.9 Å². The van der Waals surface area contributed by atoms with E-state index in [4.69, 9.17) is 9.47 Å². The number of aromatic nitrogens is 2. The van der Waals surface area contributed by atoms with Crippen LogP contribution in [0.15, 0.2) is 42.7 Å². The van der Waals surface area contributed by atoms with Crippen LogP contribution < -0.4 is 4.74 Å². The molecule has 3 atom stereocenters. The van der Waals surface area contributed by atoms with Gasteiger partial charge < -0.3 is 9.47 Å². The summed E-state index contributed by atoms with van der Waals surface area (Å²) >= 11 is 0. The topological polar surface area (TPSA) is 47.5 Å². The van der Waals surface area contributed by atoms with Gasteiger partial charge in [-0.15, -0.1) is 0 Å². The van der Waals surface area contributed by atoms with E-state index >= 15 is 0 Å². The molecular weight excluding hydrogens is 309 g/mol. The van der Waals surface area contributed by atoms with Gasteiger partial charge in [-0.2, -0.15) is 0 Å². The van der Waals surface area contributed by atoms with Crippen LogP contribution in [-0.2, 0) is 11.3 Å². The average Bonchev–Trinajstić information content (AvgIpc) is 3.02. The summed E-state index contributed by atoms with van der Waals surface area (Å²) in [5.41, 5.74) is 1.05. The Morgan fingerprint density at radius 1 is 1.17 bits per heavy atom. The predicted molar refractivity (Wildman–Crippen MR) is 86.0 cm³/mol. The molecule has 1 aliphatic carbocycles. The summed E-state index contributed by atoms with van der Waals surface area (Å²) in [6.07, 6.45) is 4.95. The fourth-order valence-electron chi connectivity index (χ4n) is 3.62. The first-order chi connectivity index (χ1) is 11.8. The summed E-state index contributed by atoms with van der Waals surface area (Å²) in [6.45, 7) is 2.33. The third-order valence-corrected chi connectivity index (χ3v) is 4.73. The van der Waals surface area contributed by atoms with E-state index < -0.39 is 5.82 Å². The molecule has 5 nitrogen and oxygen atoms in total. The van der Waals surface area contributed by atoms with E-state index in [1.54, 1.807) is 12.3 Å². The van der Waals surface area contributed by atoms with E-state index in [0.717, 1.165) is 31.6 Å². The number of ether oxygens (including phenoxy) is 2. The van der Waals surface area contributed by atoms with E-state index in [9.17, 15) is 4.39 Å². The van der Waals surface area contributed by atoms with Crippen molar-refractivity contribution >= 4 is 0 Å². The largest absolute Gasteiger partial charge is 0.469 e. The smallest absolute Gasteiger partial charge is 0.250 e. The van der Waals surface area contributed by atoms with Gasteiger partial charge in [-0.3, -0.25) is 9.88 Å². The highest BCUT2D eigenvalue weighted by atomic mass is 19.1. The fraction of sp³-hybridized carbons (Fsp3) is 0.444. The number of hydrogen-bond donors (Lipinski definition) is 0. The van der Waals surface area contributed by atoms with Crippen molar-refractivity contribution in [2.75, 3.05) is 13.2 Å². The summed E-state index contributed by atoms with van der Waals surface area (Å²) in [6, 6.07) is 9.17. The molecule has 3 heterocycles. The van der Waals surface area contributed by atoms with Crippen molar-refractivity contribution in [2.45, 2.75) is 37.6 Å². The molecule has 0 spiro atoms. The molecule has 1 saturated carbocycles. The molecule has 2 aliphatic rings. The Hall–Kier alpha value is -2.05. The highest BCUT2D eigenvalue weighted by molar-refractivity contribution is 5.14. The van der Waals surface area contributed by atoms with Crippen molar-refractivity contribution in [2.24, 2.45) is 0 Å². The lowest BCUT2D eigenvalue weighted by molar-refractivity contribution is -0.0930. The molecule has 2 aromatic rings. The first kappa shape index (κ1) is 15.5. The van der Waals surface area contributed by atoms with Crippen molar-refractivity contribution in [1.29, 1.82) is 0 Å². The normalized spacial score (nSPS) is 27.0. The van der Waals surface area contributed by atoms with Gasteiger partial charge in [0.2, 0.25) is 0 Å². The number of rotatable bonds is 4. The van der Waals surface area contributed by atoms with Gasteiger partial charge >= 0.3 is 0 Å². The maximum Gasteiger partial charge on any atom is 0.250 e. The van der Waals surface area contributed by atoms with Crippen LogP contribution in [0.4, 0.5) is 4.39 Å². The summed E-state index contributed by atoms with van der Waals surface area (Å²) in [4.78, 5) is 10.8. The third kappa shape index (κ3) is 3.12. The lowest BCUT2D eigenvalue weighted by Crippen LogP contribution is -2.51. The molecule has 0 unspecified atom stereocenters. The van der Waals surface area contributed by atoms with Gasteiger partial charge in [-0.1, -0.05) is 6.07 Å². The predicted octanol–water partition coefficient (Wildman–Crippen LogP) is 2.43. The molecule has 0 radical (unpaired) electrons. The van der Waals surface area contributed by atoms with Crippen LogP contribution in [0.3, 0.4) is 0 Å². The lowest BCUT2D eigenvalue weighted by Gasteiger charge is -2.38. The van der Waals surface area contributed by atoms with Gasteiger partial charge in [0.1, 0.15) is 12.2 Å². The van der Waals surface area contributed by atoms with Crippen molar-refractivity contribution in [1.82, 2.24) is 14.9 Å². The van der Waals surface area contributed by atoms with Gasteiger partial charge in [-0.25, -0.2) is 9.37 Å². The zero-order chi connectivity index (χ0) is 16.4. The molecule has 2 fully saturated rings. The number of hydrogen-bond acceptors (Lipinski definition) is 5. The molecule has 0 N–H and O–H groups in total. The quantitative estimate of drug-likeness (QED) is 0.862. The molecule has 0 aromatic carbocycles. The van der Waals surface area contributed by atoms with Gasteiger partial charge in [0, 0.05) is 31.5 Å². The third-order valence-electron chi connectivity index (χ3n) is 4.73.